The number of carbonyl (C=O) groups excluding carboxylic acids is 1. The van der Waals surface area contributed by atoms with Gasteiger partial charge in [0.1, 0.15) is 0 Å². The number of benzene rings is 2. The number of hydrazone groups is 1. The van der Waals surface area contributed by atoms with Crippen LogP contribution >= 0.6 is 0 Å². The van der Waals surface area contributed by atoms with E-state index in [0.717, 1.165) is 0 Å². The van der Waals surface area contributed by atoms with E-state index in [2.05, 4.69) is 10.5 Å². The fourth-order valence-corrected chi connectivity index (χ4v) is 2.27. The molecule has 0 spiro atoms. The van der Waals surface area contributed by atoms with Crippen molar-refractivity contribution in [2.75, 3.05) is 14.2 Å². The summed E-state index contributed by atoms with van der Waals surface area (Å²) in [5, 5.41) is 15.1. The molecule has 1 N–H and O–H groups in total. The zero-order chi connectivity index (χ0) is 19.3. The van der Waals surface area contributed by atoms with Crippen molar-refractivity contribution in [3.8, 4) is 11.5 Å². The molecule has 0 heterocycles. The Kier molecular flexibility index (Phi) is 5.90. The second-order valence-corrected chi connectivity index (χ2v) is 5.47. The Morgan fingerprint density at radius 2 is 1.73 bits per heavy atom. The van der Waals surface area contributed by atoms with Crippen molar-refractivity contribution in [3.63, 3.8) is 0 Å². The number of carbonyl (C=O) groups is 1. The number of hydrogen-bond donors (Lipinski definition) is 1. The van der Waals surface area contributed by atoms with Gasteiger partial charge in [-0.1, -0.05) is 12.1 Å². The Labute approximate surface area is 150 Å². The normalized spacial score (nSPS) is 11.0. The fraction of sp³-hybridized carbons (Fsp3) is 0.222. The van der Waals surface area contributed by atoms with Gasteiger partial charge in [-0.05, 0) is 32.0 Å². The summed E-state index contributed by atoms with van der Waals surface area (Å²) in [6.45, 7) is 3.32. The Morgan fingerprint density at radius 1 is 1.08 bits per heavy atom. The Morgan fingerprint density at radius 3 is 2.35 bits per heavy atom. The van der Waals surface area contributed by atoms with Crippen molar-refractivity contribution in [1.82, 2.24) is 5.43 Å². The van der Waals surface area contributed by atoms with Crippen LogP contribution in [0.15, 0.2) is 41.5 Å². The highest BCUT2D eigenvalue weighted by atomic mass is 16.6. The molecule has 0 aromatic heterocycles. The maximum atomic E-state index is 12.3. The molecule has 0 aliphatic rings. The predicted octanol–water partition coefficient (Wildman–Crippen LogP) is 3.07. The van der Waals surface area contributed by atoms with Crippen LogP contribution < -0.4 is 14.9 Å². The zero-order valence-electron chi connectivity index (χ0n) is 14.9. The number of rotatable bonds is 6. The van der Waals surface area contributed by atoms with Gasteiger partial charge in [-0.15, -0.1) is 0 Å². The Balaban J connectivity index is 2.20. The minimum atomic E-state index is -0.450. The number of nitrogens with one attached hydrogen (secondary N) is 1. The third-order valence-electron chi connectivity index (χ3n) is 3.79. The molecule has 136 valence electrons. The van der Waals surface area contributed by atoms with E-state index < -0.39 is 10.8 Å². The maximum Gasteiger partial charge on any atom is 0.272 e. The molecular formula is C18H19N3O5. The van der Waals surface area contributed by atoms with Crippen LogP contribution in [-0.2, 0) is 0 Å². The highest BCUT2D eigenvalue weighted by Gasteiger charge is 2.13. The Hall–Kier alpha value is -3.42. The van der Waals surface area contributed by atoms with Crippen LogP contribution in [0.25, 0.3) is 0 Å². The lowest BCUT2D eigenvalue weighted by Crippen LogP contribution is -2.19. The Bertz CT molecular complexity index is 877. The van der Waals surface area contributed by atoms with Gasteiger partial charge in [-0.2, -0.15) is 5.10 Å². The third kappa shape index (κ3) is 4.15. The van der Waals surface area contributed by atoms with Crippen LogP contribution in [0.1, 0.15) is 28.4 Å². The van der Waals surface area contributed by atoms with Gasteiger partial charge in [0.15, 0.2) is 11.5 Å². The summed E-state index contributed by atoms with van der Waals surface area (Å²) in [5.41, 5.74) is 4.33. The van der Waals surface area contributed by atoms with E-state index in [4.69, 9.17) is 9.47 Å². The first-order valence-electron chi connectivity index (χ1n) is 7.69. The number of ether oxygens (including phenoxy) is 2. The largest absolute Gasteiger partial charge is 0.493 e. The van der Waals surface area contributed by atoms with Gasteiger partial charge in [-0.25, -0.2) is 5.43 Å². The lowest BCUT2D eigenvalue weighted by Gasteiger charge is -2.09. The van der Waals surface area contributed by atoms with Crippen molar-refractivity contribution < 1.29 is 19.2 Å². The number of nitro benzene ring substituents is 1. The molecule has 2 aromatic rings. The molecule has 2 aromatic carbocycles. The van der Waals surface area contributed by atoms with Gasteiger partial charge in [0.2, 0.25) is 0 Å². The second-order valence-electron chi connectivity index (χ2n) is 5.47. The third-order valence-corrected chi connectivity index (χ3v) is 3.79. The first-order valence-corrected chi connectivity index (χ1v) is 7.69. The molecule has 0 unspecified atom stereocenters. The number of aryl methyl sites for hydroxylation is 1. The quantitative estimate of drug-likeness (QED) is 0.486. The standard InChI is InChI=1S/C18H19N3O5/c1-11-5-6-13(9-15(11)21(23)24)12(2)19-20-18(22)14-7-8-16(25-3)17(10-14)26-4/h5-10H,1-4H3,(H,20,22)/b19-12-. The van der Waals surface area contributed by atoms with E-state index >= 15 is 0 Å². The average Bonchev–Trinajstić information content (AvgIpc) is 2.65. The monoisotopic (exact) mass is 357 g/mol. The lowest BCUT2D eigenvalue weighted by atomic mass is 10.1. The van der Waals surface area contributed by atoms with Crippen LogP contribution in [-0.4, -0.2) is 30.8 Å². The number of nitro groups is 1. The van der Waals surface area contributed by atoms with Crippen molar-refractivity contribution in [3.05, 3.63) is 63.2 Å². The first-order chi connectivity index (χ1) is 12.4. The van der Waals surface area contributed by atoms with E-state index in [1.165, 1.54) is 26.4 Å². The molecule has 0 aliphatic heterocycles. The zero-order valence-corrected chi connectivity index (χ0v) is 14.9. The second kappa shape index (κ2) is 8.11. The van der Waals surface area contributed by atoms with Crippen LogP contribution in [0, 0.1) is 17.0 Å². The molecule has 0 saturated heterocycles. The number of nitrogens with zero attached hydrogens (tertiary/aromatic N) is 2. The average molecular weight is 357 g/mol. The van der Waals surface area contributed by atoms with Gasteiger partial charge >= 0.3 is 0 Å². The summed E-state index contributed by atoms with van der Waals surface area (Å²) in [4.78, 5) is 22.8. The molecular weight excluding hydrogens is 338 g/mol. The van der Waals surface area contributed by atoms with Gasteiger partial charge in [0.25, 0.3) is 11.6 Å². The number of hydrogen-bond acceptors (Lipinski definition) is 6. The smallest absolute Gasteiger partial charge is 0.272 e. The molecule has 0 bridgehead atoms. The molecule has 0 atom stereocenters. The molecule has 0 radical (unpaired) electrons. The molecule has 2 rings (SSSR count). The predicted molar refractivity (Wildman–Crippen MR) is 97.1 cm³/mol. The van der Waals surface area contributed by atoms with Crippen LogP contribution in [0.5, 0.6) is 11.5 Å². The first kappa shape index (κ1) is 18.9. The summed E-state index contributed by atoms with van der Waals surface area (Å²) in [6.07, 6.45) is 0. The van der Waals surface area contributed by atoms with Gasteiger partial charge in [-0.3, -0.25) is 14.9 Å². The minimum absolute atomic E-state index is 0.00303. The topological polar surface area (TPSA) is 103 Å². The summed E-state index contributed by atoms with van der Waals surface area (Å²) in [6, 6.07) is 9.52. The molecule has 8 nitrogen and oxygen atoms in total. The minimum Gasteiger partial charge on any atom is -0.493 e. The lowest BCUT2D eigenvalue weighted by molar-refractivity contribution is -0.385. The van der Waals surface area contributed by atoms with Crippen LogP contribution in [0.3, 0.4) is 0 Å². The van der Waals surface area contributed by atoms with E-state index in [1.54, 1.807) is 38.1 Å². The molecule has 0 aliphatic carbocycles. The number of methoxy groups -OCH3 is 2. The molecule has 0 saturated carbocycles. The van der Waals surface area contributed by atoms with Crippen molar-refractivity contribution >= 4 is 17.3 Å². The van der Waals surface area contributed by atoms with Crippen molar-refractivity contribution in [2.45, 2.75) is 13.8 Å². The summed E-state index contributed by atoms with van der Waals surface area (Å²) in [5.74, 6) is 0.498. The number of amides is 1. The molecule has 1 amide bonds. The van der Waals surface area contributed by atoms with Crippen LogP contribution in [0.2, 0.25) is 0 Å². The molecule has 26 heavy (non-hydrogen) atoms. The molecule has 0 fully saturated rings. The van der Waals surface area contributed by atoms with Gasteiger partial charge < -0.3 is 9.47 Å². The summed E-state index contributed by atoms with van der Waals surface area (Å²) >= 11 is 0. The van der Waals surface area contributed by atoms with Crippen LogP contribution in [0.4, 0.5) is 5.69 Å². The van der Waals surface area contributed by atoms with E-state index in [-0.39, 0.29) is 5.69 Å². The summed E-state index contributed by atoms with van der Waals surface area (Å²) < 4.78 is 10.3. The SMILES string of the molecule is COc1ccc(C(=O)N/N=C(/C)c2ccc(C)c([N+](=O)[O-])c2)cc1OC. The van der Waals surface area contributed by atoms with Gasteiger partial charge in [0.05, 0.1) is 24.9 Å². The van der Waals surface area contributed by atoms with Crippen molar-refractivity contribution in [1.29, 1.82) is 0 Å². The summed E-state index contributed by atoms with van der Waals surface area (Å²) in [7, 11) is 2.98. The fourth-order valence-electron chi connectivity index (χ4n) is 2.27. The van der Waals surface area contributed by atoms with Gasteiger partial charge in [0, 0.05) is 22.8 Å². The highest BCUT2D eigenvalue weighted by molar-refractivity contribution is 6.01. The van der Waals surface area contributed by atoms with Crippen molar-refractivity contribution in [2.24, 2.45) is 5.10 Å². The highest BCUT2D eigenvalue weighted by Crippen LogP contribution is 2.27. The van der Waals surface area contributed by atoms with E-state index in [9.17, 15) is 14.9 Å². The van der Waals surface area contributed by atoms with E-state index in [1.807, 2.05) is 0 Å². The molecule has 8 heteroatoms. The maximum absolute atomic E-state index is 12.3. The van der Waals surface area contributed by atoms with E-state index in [0.29, 0.717) is 33.9 Å².